The van der Waals surface area contributed by atoms with Gasteiger partial charge >= 0.3 is 0 Å². The van der Waals surface area contributed by atoms with Gasteiger partial charge < -0.3 is 5.21 Å². The molecule has 0 fully saturated rings. The summed E-state index contributed by atoms with van der Waals surface area (Å²) in [6, 6.07) is 4.01. The van der Waals surface area contributed by atoms with Gasteiger partial charge in [0.2, 0.25) is 0 Å². The van der Waals surface area contributed by atoms with Gasteiger partial charge in [-0.25, -0.2) is 4.57 Å². The highest BCUT2D eigenvalue weighted by Crippen LogP contribution is 2.13. The van der Waals surface area contributed by atoms with Gasteiger partial charge in [0.15, 0.2) is 12.4 Å². The van der Waals surface area contributed by atoms with Gasteiger partial charge in [0.1, 0.15) is 7.05 Å². The Kier molecular flexibility index (Phi) is 10.3. The Labute approximate surface area is 136 Å². The summed E-state index contributed by atoms with van der Waals surface area (Å²) < 4.78 is 1.99. The normalized spacial score (nSPS) is 11.8. The molecule has 1 heterocycles. The molecule has 0 atom stereocenters. The van der Waals surface area contributed by atoms with E-state index in [0.29, 0.717) is 0 Å². The van der Waals surface area contributed by atoms with Gasteiger partial charge in [0.25, 0.3) is 0 Å². The smallest absolute Gasteiger partial charge is 0.169 e. The average molecular weight is 305 g/mol. The molecule has 1 rings (SSSR count). The summed E-state index contributed by atoms with van der Waals surface area (Å²) in [5.41, 5.74) is 1.83. The molecule has 1 aromatic rings. The van der Waals surface area contributed by atoms with Crippen LogP contribution in [0.2, 0.25) is 0 Å². The number of oxime groups is 1. The van der Waals surface area contributed by atoms with Gasteiger partial charge in [0.05, 0.1) is 5.71 Å². The quantitative estimate of drug-likeness (QED) is 0.190. The lowest BCUT2D eigenvalue weighted by atomic mass is 10.0. The second kappa shape index (κ2) is 12.2. The van der Waals surface area contributed by atoms with Crippen molar-refractivity contribution in [2.75, 3.05) is 0 Å². The third-order valence-corrected chi connectivity index (χ3v) is 4.20. The zero-order chi connectivity index (χ0) is 16.0. The van der Waals surface area contributed by atoms with E-state index < -0.39 is 0 Å². The van der Waals surface area contributed by atoms with E-state index in [4.69, 9.17) is 0 Å². The van der Waals surface area contributed by atoms with Crippen LogP contribution < -0.4 is 4.57 Å². The fourth-order valence-corrected chi connectivity index (χ4v) is 2.73. The zero-order valence-corrected chi connectivity index (χ0v) is 14.4. The van der Waals surface area contributed by atoms with Crippen LogP contribution in [0.3, 0.4) is 0 Å². The first-order valence-electron chi connectivity index (χ1n) is 8.94. The maximum Gasteiger partial charge on any atom is 0.169 e. The summed E-state index contributed by atoms with van der Waals surface area (Å²) in [7, 11) is 1.99. The predicted octanol–water partition coefficient (Wildman–Crippen LogP) is 5.00. The maximum absolute atomic E-state index is 9.17. The van der Waals surface area contributed by atoms with Crippen molar-refractivity contribution in [2.45, 2.75) is 77.6 Å². The van der Waals surface area contributed by atoms with Gasteiger partial charge in [-0.15, -0.1) is 0 Å². The highest BCUT2D eigenvalue weighted by molar-refractivity contribution is 5.99. The van der Waals surface area contributed by atoms with Gasteiger partial charge in [0, 0.05) is 17.7 Å². The third kappa shape index (κ3) is 8.16. The summed E-state index contributed by atoms with van der Waals surface area (Å²) >= 11 is 0. The molecule has 0 aromatic carbocycles. The van der Waals surface area contributed by atoms with Crippen molar-refractivity contribution in [1.82, 2.24) is 0 Å². The van der Waals surface area contributed by atoms with Crippen LogP contribution in [0.5, 0.6) is 0 Å². The summed E-state index contributed by atoms with van der Waals surface area (Å²) in [5, 5.41) is 12.6. The number of pyridine rings is 1. The fraction of sp³-hybridized carbons (Fsp3) is 0.684. The molecule has 0 amide bonds. The molecule has 0 bridgehead atoms. The molecule has 0 aliphatic rings. The van der Waals surface area contributed by atoms with Crippen molar-refractivity contribution in [3.8, 4) is 0 Å². The molecule has 0 saturated carbocycles. The van der Waals surface area contributed by atoms with Crippen LogP contribution in [0.25, 0.3) is 0 Å². The predicted molar refractivity (Wildman–Crippen MR) is 92.4 cm³/mol. The van der Waals surface area contributed by atoms with E-state index in [1.165, 1.54) is 57.8 Å². The molecule has 0 saturated heterocycles. The van der Waals surface area contributed by atoms with Crippen LogP contribution in [0.1, 0.15) is 83.1 Å². The molecular weight excluding hydrogens is 272 g/mol. The van der Waals surface area contributed by atoms with E-state index in [2.05, 4.69) is 12.1 Å². The van der Waals surface area contributed by atoms with Crippen LogP contribution in [-0.2, 0) is 7.05 Å². The number of unbranched alkanes of at least 4 members (excludes halogenated alkanes) is 9. The number of hydrogen-bond acceptors (Lipinski definition) is 2. The Bertz CT molecular complexity index is 412. The SMILES string of the molecule is CCCCCCCCCCCCC(=NO)c1cc[n+](C)cc1. The van der Waals surface area contributed by atoms with Crippen molar-refractivity contribution in [2.24, 2.45) is 12.2 Å². The standard InChI is InChI=1S/C19H32N2O/c1-3-4-5-6-7-8-9-10-11-12-13-19(20-22)18-14-16-21(2)17-15-18/h14-17H,3-13H2,1-2H3/p+1. The lowest BCUT2D eigenvalue weighted by Crippen LogP contribution is -2.26. The molecule has 0 spiro atoms. The molecule has 0 aliphatic heterocycles. The van der Waals surface area contributed by atoms with E-state index in [1.807, 2.05) is 36.1 Å². The summed E-state index contributed by atoms with van der Waals surface area (Å²) in [6.07, 6.45) is 18.1. The molecule has 3 nitrogen and oxygen atoms in total. The van der Waals surface area contributed by atoms with Gasteiger partial charge in [-0.3, -0.25) is 0 Å². The minimum absolute atomic E-state index is 0.806. The summed E-state index contributed by atoms with van der Waals surface area (Å²) in [4.78, 5) is 0. The molecule has 3 heteroatoms. The molecule has 0 unspecified atom stereocenters. The molecular formula is C19H33N2O+. The maximum atomic E-state index is 9.17. The average Bonchev–Trinajstić information content (AvgIpc) is 2.54. The molecule has 22 heavy (non-hydrogen) atoms. The zero-order valence-electron chi connectivity index (χ0n) is 14.4. The number of rotatable bonds is 12. The van der Waals surface area contributed by atoms with Crippen LogP contribution >= 0.6 is 0 Å². The number of hydrogen-bond donors (Lipinski definition) is 1. The van der Waals surface area contributed by atoms with E-state index in [9.17, 15) is 5.21 Å². The van der Waals surface area contributed by atoms with Gasteiger partial charge in [-0.05, 0) is 12.8 Å². The van der Waals surface area contributed by atoms with Crippen molar-refractivity contribution in [3.63, 3.8) is 0 Å². The minimum atomic E-state index is 0.806. The van der Waals surface area contributed by atoms with E-state index in [0.717, 1.165) is 24.1 Å². The highest BCUT2D eigenvalue weighted by Gasteiger charge is 2.06. The van der Waals surface area contributed by atoms with E-state index in [-0.39, 0.29) is 0 Å². The van der Waals surface area contributed by atoms with Crippen molar-refractivity contribution in [3.05, 3.63) is 30.1 Å². The van der Waals surface area contributed by atoms with Crippen LogP contribution in [0.4, 0.5) is 0 Å². The van der Waals surface area contributed by atoms with Crippen LogP contribution in [0.15, 0.2) is 29.7 Å². The topological polar surface area (TPSA) is 36.5 Å². The second-order valence-corrected chi connectivity index (χ2v) is 6.23. The molecule has 1 N–H and O–H groups in total. The first kappa shape index (κ1) is 18.7. The van der Waals surface area contributed by atoms with Crippen molar-refractivity contribution in [1.29, 1.82) is 0 Å². The van der Waals surface area contributed by atoms with E-state index >= 15 is 0 Å². The lowest BCUT2D eigenvalue weighted by molar-refractivity contribution is -0.671. The first-order valence-corrected chi connectivity index (χ1v) is 8.94. The highest BCUT2D eigenvalue weighted by atomic mass is 16.4. The van der Waals surface area contributed by atoms with Gasteiger partial charge in [-0.1, -0.05) is 69.9 Å². The lowest BCUT2D eigenvalue weighted by Gasteiger charge is -2.04. The Balaban J connectivity index is 2.07. The van der Waals surface area contributed by atoms with Gasteiger partial charge in [-0.2, -0.15) is 0 Å². The Morgan fingerprint density at radius 2 is 1.41 bits per heavy atom. The third-order valence-electron chi connectivity index (χ3n) is 4.20. The molecule has 0 aliphatic carbocycles. The second-order valence-electron chi connectivity index (χ2n) is 6.23. The largest absolute Gasteiger partial charge is 0.411 e. The van der Waals surface area contributed by atoms with Crippen LogP contribution in [0, 0.1) is 0 Å². The van der Waals surface area contributed by atoms with E-state index in [1.54, 1.807) is 0 Å². The summed E-state index contributed by atoms with van der Waals surface area (Å²) in [6.45, 7) is 2.26. The first-order chi connectivity index (χ1) is 10.8. The monoisotopic (exact) mass is 305 g/mol. The molecule has 124 valence electrons. The Hall–Kier alpha value is -1.38. The number of aryl methyl sites for hydroxylation is 1. The molecule has 1 aromatic heterocycles. The van der Waals surface area contributed by atoms with Crippen molar-refractivity contribution >= 4 is 5.71 Å². The number of aromatic nitrogens is 1. The Morgan fingerprint density at radius 1 is 0.909 bits per heavy atom. The Morgan fingerprint density at radius 3 is 1.91 bits per heavy atom. The fourth-order valence-electron chi connectivity index (χ4n) is 2.73. The summed E-state index contributed by atoms with van der Waals surface area (Å²) in [5.74, 6) is 0. The minimum Gasteiger partial charge on any atom is -0.411 e. The molecule has 0 radical (unpaired) electrons. The number of nitrogens with zero attached hydrogens (tertiary/aromatic N) is 2. The van der Waals surface area contributed by atoms with Crippen LogP contribution in [-0.4, -0.2) is 10.9 Å². The van der Waals surface area contributed by atoms with Crippen molar-refractivity contribution < 1.29 is 9.77 Å².